The molecule has 0 unspecified atom stereocenters. The number of alkyl halides is 6. The van der Waals surface area contributed by atoms with Crippen molar-refractivity contribution in [3.05, 3.63) is 75.5 Å². The Hall–Kier alpha value is -3.64. The van der Waals surface area contributed by atoms with Crippen LogP contribution in [-0.4, -0.2) is 26.8 Å². The van der Waals surface area contributed by atoms with Crippen molar-refractivity contribution in [1.82, 2.24) is 19.7 Å². The number of rotatable bonds is 5. The van der Waals surface area contributed by atoms with Crippen molar-refractivity contribution in [3.63, 3.8) is 0 Å². The molecule has 2 aromatic carbocycles. The van der Waals surface area contributed by atoms with Gasteiger partial charge in [-0.2, -0.15) is 26.3 Å². The van der Waals surface area contributed by atoms with Gasteiger partial charge in [0.15, 0.2) is 5.82 Å². The van der Waals surface area contributed by atoms with Gasteiger partial charge in [-0.3, -0.25) is 9.36 Å². The molecule has 33 heavy (non-hydrogen) atoms. The van der Waals surface area contributed by atoms with Gasteiger partial charge in [0.2, 0.25) is 0 Å². The van der Waals surface area contributed by atoms with Gasteiger partial charge in [0.1, 0.15) is 5.82 Å². The lowest BCUT2D eigenvalue weighted by Gasteiger charge is -2.14. The summed E-state index contributed by atoms with van der Waals surface area (Å²) in [6, 6.07) is 5.67. The van der Waals surface area contributed by atoms with Crippen molar-refractivity contribution >= 4 is 5.91 Å². The van der Waals surface area contributed by atoms with Gasteiger partial charge in [-0.05, 0) is 42.5 Å². The number of carbonyl (C=O) groups is 1. The second-order valence-electron chi connectivity index (χ2n) is 6.95. The first-order valence-electron chi connectivity index (χ1n) is 9.25. The highest BCUT2D eigenvalue weighted by Crippen LogP contribution is 2.36. The summed E-state index contributed by atoms with van der Waals surface area (Å²) >= 11 is 0. The monoisotopic (exact) mass is 476 g/mol. The van der Waals surface area contributed by atoms with Crippen LogP contribution in [0.5, 0.6) is 0 Å². The zero-order valence-electron chi connectivity index (χ0n) is 16.8. The number of carbonyl (C=O) groups excluding carboxylic acids is 1. The quantitative estimate of drug-likeness (QED) is 0.569. The first-order valence-corrected chi connectivity index (χ1v) is 9.25. The van der Waals surface area contributed by atoms with Gasteiger partial charge >= 0.3 is 18.0 Å². The average Bonchev–Trinajstić information content (AvgIpc) is 3.01. The van der Waals surface area contributed by atoms with Gasteiger partial charge in [0.25, 0.3) is 5.91 Å². The Kier molecular flexibility index (Phi) is 6.34. The number of amides is 1. The van der Waals surface area contributed by atoms with Crippen LogP contribution in [0.1, 0.15) is 21.5 Å². The maximum Gasteiger partial charge on any atom is 0.416 e. The molecule has 0 radical (unpaired) electrons. The van der Waals surface area contributed by atoms with Crippen LogP contribution >= 0.6 is 0 Å². The zero-order valence-corrected chi connectivity index (χ0v) is 16.8. The number of nitrogens with zero attached hydrogens (tertiary/aromatic N) is 3. The molecule has 0 aliphatic carbocycles. The third kappa shape index (κ3) is 5.41. The van der Waals surface area contributed by atoms with Crippen molar-refractivity contribution in [2.45, 2.75) is 18.9 Å². The van der Waals surface area contributed by atoms with Crippen molar-refractivity contribution in [2.24, 2.45) is 7.05 Å². The lowest BCUT2D eigenvalue weighted by molar-refractivity contribution is -0.143. The molecule has 0 atom stereocenters. The number of aromatic nitrogens is 3. The van der Waals surface area contributed by atoms with E-state index in [1.54, 1.807) is 0 Å². The normalized spacial score (nSPS) is 12.1. The van der Waals surface area contributed by atoms with E-state index in [0.717, 1.165) is 9.25 Å². The smallest absolute Gasteiger partial charge is 0.350 e. The second-order valence-corrected chi connectivity index (χ2v) is 6.95. The molecular formula is C20H15F7N4O2. The van der Waals surface area contributed by atoms with Crippen molar-refractivity contribution in [2.75, 3.05) is 6.54 Å². The van der Waals surface area contributed by atoms with Gasteiger partial charge in [-0.1, -0.05) is 0 Å². The molecule has 1 amide bonds. The Balaban J connectivity index is 1.77. The lowest BCUT2D eigenvalue weighted by Crippen LogP contribution is -2.32. The van der Waals surface area contributed by atoms with Gasteiger partial charge in [0.05, 0.1) is 17.7 Å². The van der Waals surface area contributed by atoms with E-state index < -0.39 is 46.5 Å². The van der Waals surface area contributed by atoms with Gasteiger partial charge in [-0.25, -0.2) is 13.9 Å². The molecule has 1 heterocycles. The first kappa shape index (κ1) is 24.0. The molecule has 3 aromatic rings. The van der Waals surface area contributed by atoms with Crippen LogP contribution in [0.3, 0.4) is 0 Å². The molecule has 0 aliphatic heterocycles. The predicted octanol–water partition coefficient (Wildman–Crippen LogP) is 3.86. The fraction of sp³-hybridized carbons (Fsp3) is 0.250. The summed E-state index contributed by atoms with van der Waals surface area (Å²) in [5.41, 5.74) is -4.23. The van der Waals surface area contributed by atoms with E-state index in [-0.39, 0.29) is 25.0 Å². The Morgan fingerprint density at radius 3 is 2.03 bits per heavy atom. The molecule has 0 fully saturated rings. The predicted molar refractivity (Wildman–Crippen MR) is 102 cm³/mol. The summed E-state index contributed by atoms with van der Waals surface area (Å²) in [5.74, 6) is -1.48. The minimum Gasteiger partial charge on any atom is -0.350 e. The Bertz CT molecular complexity index is 1190. The molecule has 0 saturated heterocycles. The number of hydrogen-bond acceptors (Lipinski definition) is 3. The summed E-state index contributed by atoms with van der Waals surface area (Å²) in [4.78, 5) is 24.5. The molecule has 6 nitrogen and oxygen atoms in total. The van der Waals surface area contributed by atoms with E-state index in [2.05, 4.69) is 10.4 Å². The highest BCUT2D eigenvalue weighted by atomic mass is 19.4. The fourth-order valence-corrected chi connectivity index (χ4v) is 2.95. The molecule has 0 spiro atoms. The Morgan fingerprint density at radius 1 is 0.970 bits per heavy atom. The molecule has 0 aliphatic rings. The van der Waals surface area contributed by atoms with Gasteiger partial charge in [0, 0.05) is 24.7 Å². The molecule has 1 N–H and O–H groups in total. The number of nitrogens with one attached hydrogen (secondary N) is 1. The largest absolute Gasteiger partial charge is 0.416 e. The Labute approximate surface area is 181 Å². The summed E-state index contributed by atoms with van der Waals surface area (Å²) in [6.07, 6.45) is -10.2. The summed E-state index contributed by atoms with van der Waals surface area (Å²) in [7, 11) is 1.41. The van der Waals surface area contributed by atoms with Crippen molar-refractivity contribution in [3.8, 4) is 11.4 Å². The van der Waals surface area contributed by atoms with Crippen LogP contribution < -0.4 is 11.0 Å². The van der Waals surface area contributed by atoms with Crippen LogP contribution in [0.2, 0.25) is 0 Å². The first-order chi connectivity index (χ1) is 15.3. The number of hydrogen-bond donors (Lipinski definition) is 1. The van der Waals surface area contributed by atoms with E-state index in [4.69, 9.17) is 0 Å². The Morgan fingerprint density at radius 2 is 1.52 bits per heavy atom. The second kappa shape index (κ2) is 8.71. The standard InChI is InChI=1S/C20H15F7N4O2/c1-30-16(11-2-4-15(21)5-3-11)29-31(18(30)33)7-6-28-17(32)12-8-13(19(22,23)24)10-14(9-12)20(25,26)27/h2-5,8-10H,6-7H2,1H3,(H,28,32). The topological polar surface area (TPSA) is 68.9 Å². The molecule has 0 bridgehead atoms. The van der Waals surface area contributed by atoms with E-state index in [9.17, 15) is 40.3 Å². The minimum atomic E-state index is -5.09. The highest BCUT2D eigenvalue weighted by Gasteiger charge is 2.37. The molecule has 1 aromatic heterocycles. The highest BCUT2D eigenvalue weighted by molar-refractivity contribution is 5.94. The number of benzene rings is 2. The average molecular weight is 476 g/mol. The summed E-state index contributed by atoms with van der Waals surface area (Å²) in [5, 5.41) is 6.24. The zero-order chi connectivity index (χ0) is 24.6. The summed E-state index contributed by atoms with van der Waals surface area (Å²) in [6.45, 7) is -0.527. The minimum absolute atomic E-state index is 0.0821. The molecule has 13 heteroatoms. The van der Waals surface area contributed by atoms with E-state index in [1.807, 2.05) is 0 Å². The molecule has 176 valence electrons. The third-order valence-corrected chi connectivity index (χ3v) is 4.60. The maximum atomic E-state index is 13.1. The van der Waals surface area contributed by atoms with E-state index in [1.165, 1.54) is 31.3 Å². The van der Waals surface area contributed by atoms with Crippen LogP contribution in [0.15, 0.2) is 47.3 Å². The van der Waals surface area contributed by atoms with Crippen LogP contribution in [0, 0.1) is 5.82 Å². The van der Waals surface area contributed by atoms with Crippen LogP contribution in [-0.2, 0) is 25.9 Å². The molecule has 0 saturated carbocycles. The van der Waals surface area contributed by atoms with Crippen molar-refractivity contribution < 1.29 is 35.5 Å². The van der Waals surface area contributed by atoms with Crippen molar-refractivity contribution in [1.29, 1.82) is 0 Å². The SMILES string of the molecule is Cn1c(-c2ccc(F)cc2)nn(CCNC(=O)c2cc(C(F)(F)F)cc(C(F)(F)F)c2)c1=O. The number of halogens is 7. The van der Waals surface area contributed by atoms with Gasteiger partial charge < -0.3 is 5.32 Å². The molecule has 3 rings (SSSR count). The maximum absolute atomic E-state index is 13.1. The van der Waals surface area contributed by atoms with E-state index >= 15 is 0 Å². The van der Waals surface area contributed by atoms with Gasteiger partial charge in [-0.15, -0.1) is 5.10 Å². The fourth-order valence-electron chi connectivity index (χ4n) is 2.95. The third-order valence-electron chi connectivity index (χ3n) is 4.60. The van der Waals surface area contributed by atoms with Crippen LogP contribution in [0.25, 0.3) is 11.4 Å². The van der Waals surface area contributed by atoms with Crippen LogP contribution in [0.4, 0.5) is 30.7 Å². The molecular weight excluding hydrogens is 461 g/mol. The van der Waals surface area contributed by atoms with E-state index in [0.29, 0.717) is 17.7 Å². The summed E-state index contributed by atoms with van der Waals surface area (Å²) < 4.78 is 92.9. The lowest BCUT2D eigenvalue weighted by atomic mass is 10.0.